The fourth-order valence-corrected chi connectivity index (χ4v) is 3.55. The van der Waals surface area contributed by atoms with Crippen LogP contribution in [0.5, 0.6) is 0 Å². The van der Waals surface area contributed by atoms with Crippen molar-refractivity contribution in [2.75, 3.05) is 0 Å². The van der Waals surface area contributed by atoms with E-state index in [0.717, 1.165) is 30.2 Å². The second kappa shape index (κ2) is 6.02. The van der Waals surface area contributed by atoms with Gasteiger partial charge in [0.2, 0.25) is 0 Å². The number of fused-ring (bicyclic) bond motifs is 1. The Morgan fingerprint density at radius 3 is 2.65 bits per heavy atom. The monoisotopic (exact) mass is 315 g/mol. The summed E-state index contributed by atoms with van der Waals surface area (Å²) in [5, 5.41) is 17.3. The number of rotatable bonds is 4. The van der Waals surface area contributed by atoms with Crippen LogP contribution in [-0.4, -0.2) is 32.3 Å². The van der Waals surface area contributed by atoms with Crippen molar-refractivity contribution in [2.45, 2.75) is 44.1 Å². The van der Waals surface area contributed by atoms with Gasteiger partial charge in [0.25, 0.3) is 5.91 Å². The number of nitrogens with zero attached hydrogens (tertiary/aromatic N) is 2. The maximum Gasteiger partial charge on any atom is 0.305 e. The molecule has 1 aromatic carbocycles. The number of aliphatic carboxylic acids is 1. The fraction of sp³-hybridized carbons (Fsp3) is 0.471. The first kappa shape index (κ1) is 15.5. The lowest BCUT2D eigenvalue weighted by molar-refractivity contribution is -0.139. The number of nitrogens with one attached hydrogen (secondary N) is 1. The Kier molecular flexibility index (Phi) is 4.07. The number of carbonyl (C=O) groups is 2. The number of aryl methyl sites for hydroxylation is 1. The predicted molar refractivity (Wildman–Crippen MR) is 86.2 cm³/mol. The molecule has 1 saturated carbocycles. The molecule has 2 N–H and O–H groups in total. The van der Waals surface area contributed by atoms with Gasteiger partial charge in [-0.05, 0) is 18.9 Å². The van der Waals surface area contributed by atoms with E-state index in [0.29, 0.717) is 18.5 Å². The number of amides is 1. The Hall–Kier alpha value is -2.37. The van der Waals surface area contributed by atoms with Gasteiger partial charge >= 0.3 is 5.97 Å². The molecule has 0 radical (unpaired) electrons. The van der Waals surface area contributed by atoms with Gasteiger partial charge in [0.05, 0.1) is 17.5 Å². The number of carbonyl (C=O) groups excluding carboxylic acids is 1. The molecule has 0 bridgehead atoms. The lowest BCUT2D eigenvalue weighted by atomic mass is 9.79. The third kappa shape index (κ3) is 3.06. The number of carboxylic acid groups (broad SMARTS) is 1. The summed E-state index contributed by atoms with van der Waals surface area (Å²) in [5.41, 5.74) is 0.590. The molecule has 1 amide bonds. The second-order valence-corrected chi connectivity index (χ2v) is 6.35. The van der Waals surface area contributed by atoms with Crippen molar-refractivity contribution in [3.8, 4) is 0 Å². The molecule has 0 aliphatic heterocycles. The summed E-state index contributed by atoms with van der Waals surface area (Å²) in [7, 11) is 1.80. The summed E-state index contributed by atoms with van der Waals surface area (Å²) in [4.78, 5) is 24.0. The highest BCUT2D eigenvalue weighted by molar-refractivity contribution is 6.05. The molecule has 2 aromatic rings. The molecule has 0 saturated heterocycles. The largest absolute Gasteiger partial charge is 0.481 e. The van der Waals surface area contributed by atoms with Crippen LogP contribution >= 0.6 is 0 Å². The zero-order valence-corrected chi connectivity index (χ0v) is 13.2. The quantitative estimate of drug-likeness (QED) is 0.908. The Morgan fingerprint density at radius 1 is 1.26 bits per heavy atom. The summed E-state index contributed by atoms with van der Waals surface area (Å²) in [6, 6.07) is 7.54. The number of benzene rings is 1. The van der Waals surface area contributed by atoms with Crippen LogP contribution in [0.4, 0.5) is 0 Å². The molecule has 1 fully saturated rings. The summed E-state index contributed by atoms with van der Waals surface area (Å²) in [5.74, 6) is -1.16. The van der Waals surface area contributed by atoms with E-state index >= 15 is 0 Å². The van der Waals surface area contributed by atoms with Gasteiger partial charge in [0.15, 0.2) is 5.69 Å². The molecule has 122 valence electrons. The molecule has 1 aliphatic carbocycles. The number of carboxylic acids is 1. The smallest absolute Gasteiger partial charge is 0.305 e. The van der Waals surface area contributed by atoms with Crippen molar-refractivity contribution in [3.05, 3.63) is 30.0 Å². The number of hydrogen-bond acceptors (Lipinski definition) is 3. The SMILES string of the molecule is Cn1nc(C(=O)NC2(CC(=O)O)CCCCC2)c2ccccc21. The van der Waals surface area contributed by atoms with Crippen molar-refractivity contribution in [3.63, 3.8) is 0 Å². The summed E-state index contributed by atoms with van der Waals surface area (Å²) >= 11 is 0. The molecule has 6 nitrogen and oxygen atoms in total. The van der Waals surface area contributed by atoms with Crippen LogP contribution in [0.3, 0.4) is 0 Å². The van der Waals surface area contributed by atoms with Crippen molar-refractivity contribution in [1.82, 2.24) is 15.1 Å². The van der Waals surface area contributed by atoms with E-state index in [1.54, 1.807) is 11.7 Å². The fourth-order valence-electron chi connectivity index (χ4n) is 3.55. The molecule has 1 aliphatic rings. The van der Waals surface area contributed by atoms with E-state index < -0.39 is 11.5 Å². The minimum absolute atomic E-state index is 0.0382. The summed E-state index contributed by atoms with van der Waals surface area (Å²) < 4.78 is 1.68. The summed E-state index contributed by atoms with van der Waals surface area (Å²) in [6.45, 7) is 0. The first-order valence-electron chi connectivity index (χ1n) is 7.97. The minimum Gasteiger partial charge on any atom is -0.481 e. The maximum absolute atomic E-state index is 12.7. The van der Waals surface area contributed by atoms with Gasteiger partial charge in [0, 0.05) is 12.4 Å². The van der Waals surface area contributed by atoms with Crippen LogP contribution in [0, 0.1) is 0 Å². The van der Waals surface area contributed by atoms with Gasteiger partial charge in [-0.15, -0.1) is 0 Å². The first-order chi connectivity index (χ1) is 11.0. The van der Waals surface area contributed by atoms with Gasteiger partial charge < -0.3 is 10.4 Å². The number of aromatic nitrogens is 2. The lowest BCUT2D eigenvalue weighted by Crippen LogP contribution is -2.51. The summed E-state index contributed by atoms with van der Waals surface area (Å²) in [6.07, 6.45) is 4.34. The van der Waals surface area contributed by atoms with Crippen LogP contribution in [0.15, 0.2) is 24.3 Å². The van der Waals surface area contributed by atoms with E-state index in [-0.39, 0.29) is 12.3 Å². The van der Waals surface area contributed by atoms with Crippen molar-refractivity contribution >= 4 is 22.8 Å². The van der Waals surface area contributed by atoms with E-state index in [4.69, 9.17) is 0 Å². The van der Waals surface area contributed by atoms with Gasteiger partial charge in [0.1, 0.15) is 0 Å². The van der Waals surface area contributed by atoms with Gasteiger partial charge in [-0.25, -0.2) is 0 Å². The van der Waals surface area contributed by atoms with Crippen LogP contribution in [-0.2, 0) is 11.8 Å². The third-order valence-corrected chi connectivity index (χ3v) is 4.65. The van der Waals surface area contributed by atoms with Crippen LogP contribution in [0.1, 0.15) is 49.0 Å². The highest BCUT2D eigenvalue weighted by atomic mass is 16.4. The van der Waals surface area contributed by atoms with Crippen molar-refractivity contribution in [1.29, 1.82) is 0 Å². The van der Waals surface area contributed by atoms with Crippen LogP contribution < -0.4 is 5.32 Å². The lowest BCUT2D eigenvalue weighted by Gasteiger charge is -2.36. The molecule has 0 unspecified atom stereocenters. The normalized spacial score (nSPS) is 17.1. The van der Waals surface area contributed by atoms with E-state index in [1.807, 2.05) is 24.3 Å². The van der Waals surface area contributed by atoms with Gasteiger partial charge in [-0.1, -0.05) is 37.5 Å². The van der Waals surface area contributed by atoms with Crippen molar-refractivity contribution in [2.24, 2.45) is 7.05 Å². The van der Waals surface area contributed by atoms with E-state index in [1.165, 1.54) is 0 Å². The second-order valence-electron chi connectivity index (χ2n) is 6.35. The Labute approximate surface area is 134 Å². The first-order valence-corrected chi connectivity index (χ1v) is 7.97. The van der Waals surface area contributed by atoms with Gasteiger partial charge in [-0.3, -0.25) is 14.3 Å². The third-order valence-electron chi connectivity index (χ3n) is 4.65. The maximum atomic E-state index is 12.7. The molecular formula is C17H21N3O3. The van der Waals surface area contributed by atoms with E-state index in [2.05, 4.69) is 10.4 Å². The molecule has 6 heteroatoms. The number of para-hydroxylation sites is 1. The average Bonchev–Trinajstić information content (AvgIpc) is 2.85. The molecule has 1 heterocycles. The average molecular weight is 315 g/mol. The minimum atomic E-state index is -0.877. The van der Waals surface area contributed by atoms with Gasteiger partial charge in [-0.2, -0.15) is 5.10 Å². The highest BCUT2D eigenvalue weighted by Crippen LogP contribution is 2.32. The van der Waals surface area contributed by atoms with Crippen LogP contribution in [0.2, 0.25) is 0 Å². The molecule has 3 rings (SSSR count). The Bertz CT molecular complexity index is 745. The highest BCUT2D eigenvalue weighted by Gasteiger charge is 2.36. The standard InChI is InChI=1S/C17H21N3O3/c1-20-13-8-4-3-7-12(13)15(19-20)16(23)18-17(11-14(21)22)9-5-2-6-10-17/h3-4,7-8H,2,5-6,9-11H2,1H3,(H,18,23)(H,21,22). The predicted octanol–water partition coefficient (Wildman–Crippen LogP) is 2.48. The molecule has 0 spiro atoms. The van der Waals surface area contributed by atoms with Crippen LogP contribution in [0.25, 0.3) is 10.9 Å². The molecule has 23 heavy (non-hydrogen) atoms. The topological polar surface area (TPSA) is 84.2 Å². The Morgan fingerprint density at radius 2 is 1.96 bits per heavy atom. The number of hydrogen-bond donors (Lipinski definition) is 2. The van der Waals surface area contributed by atoms with E-state index in [9.17, 15) is 14.7 Å². The zero-order chi connectivity index (χ0) is 16.4. The van der Waals surface area contributed by atoms with Crippen molar-refractivity contribution < 1.29 is 14.7 Å². The molecule has 0 atom stereocenters. The molecule has 1 aromatic heterocycles. The molecular weight excluding hydrogens is 294 g/mol. The zero-order valence-electron chi connectivity index (χ0n) is 13.2. The Balaban J connectivity index is 1.90.